The van der Waals surface area contributed by atoms with E-state index in [-0.39, 0.29) is 17.1 Å². The van der Waals surface area contributed by atoms with Crippen molar-refractivity contribution >= 4 is 188 Å². The maximum atomic E-state index is 12.5. The summed E-state index contributed by atoms with van der Waals surface area (Å²) in [5, 5.41) is 70.4. The number of aromatic nitrogens is 15. The number of carboxylic acid groups (broad SMARTS) is 3. The van der Waals surface area contributed by atoms with Crippen LogP contribution in [-0.2, 0) is 114 Å². The number of aromatic carboxylic acids is 3. The standard InChI is InChI=1S/3C34H32ClN5O3S2/c3*1-20-32-28(37-38(20)2)19-44-17-22-14-23(39(3)36-22)18-45-24-13-21-7-4-5-8-25(21)31(15-24)43-12-6-11-40-29-10-9-27(35)33(32)26(29)16-30(40)34(41)42/h3*4-5,7-10,13-16H,6,11-12,17-19H2,1-3H3,(H,41,42). The number of nitrogens with zero attached hydrogens (tertiary/aromatic N) is 15. The molecule has 0 saturated heterocycles. The van der Waals surface area contributed by atoms with E-state index in [2.05, 4.69) is 91.0 Å². The lowest BCUT2D eigenvalue weighted by atomic mass is 9.99. The van der Waals surface area contributed by atoms with Gasteiger partial charge in [-0.2, -0.15) is 30.6 Å². The fourth-order valence-electron chi connectivity index (χ4n) is 18.4. The molecule has 24 nitrogen and oxygen atoms in total. The number of hydrogen-bond donors (Lipinski definition) is 3. The average Bonchev–Trinajstić information content (AvgIpc) is 1.60. The number of aryl methyl sites for hydroxylation is 9. The lowest BCUT2D eigenvalue weighted by molar-refractivity contribution is 0.0674. The van der Waals surface area contributed by atoms with Crippen molar-refractivity contribution in [2.75, 3.05) is 19.8 Å². The normalized spacial score (nSPS) is 14.3. The third kappa shape index (κ3) is 18.9. The molecule has 3 aliphatic heterocycles. The van der Waals surface area contributed by atoms with Gasteiger partial charge in [0.15, 0.2) is 0 Å². The van der Waals surface area contributed by atoms with Crippen LogP contribution in [0.1, 0.15) is 119 Å². The van der Waals surface area contributed by atoms with Crippen molar-refractivity contribution < 1.29 is 43.9 Å². The molecular weight excluding hydrogens is 1880 g/mol. The molecule has 21 rings (SSSR count). The number of thioether (sulfide) groups is 6. The highest BCUT2D eigenvalue weighted by molar-refractivity contribution is 7.99. The summed E-state index contributed by atoms with van der Waals surface area (Å²) < 4.78 is 36.3. The van der Waals surface area contributed by atoms with Crippen molar-refractivity contribution in [2.24, 2.45) is 42.3 Å². The molecule has 0 fully saturated rings. The second-order valence-corrected chi connectivity index (χ2v) is 41.1. The zero-order valence-electron chi connectivity index (χ0n) is 75.6. The number of carbonyl (C=O) groups is 3. The Morgan fingerprint density at radius 2 is 0.600 bits per heavy atom. The number of rotatable bonds is 3. The molecule has 24 bridgehead atoms. The van der Waals surface area contributed by atoms with E-state index in [9.17, 15) is 29.7 Å². The van der Waals surface area contributed by atoms with Gasteiger partial charge in [0.25, 0.3) is 0 Å². The number of ether oxygens (including phenoxy) is 3. The van der Waals surface area contributed by atoms with Crippen molar-refractivity contribution in [1.82, 2.24) is 72.4 Å². The Morgan fingerprint density at radius 3 is 0.881 bits per heavy atom. The highest BCUT2D eigenvalue weighted by Crippen LogP contribution is 2.48. The lowest BCUT2D eigenvalue weighted by Crippen LogP contribution is -2.11. The molecule has 9 aromatic heterocycles. The second-order valence-electron chi connectivity index (χ2n) is 33.7. The van der Waals surface area contributed by atoms with Gasteiger partial charge in [-0.3, -0.25) is 28.1 Å². The van der Waals surface area contributed by atoms with Crippen LogP contribution in [0.15, 0.2) is 197 Å². The zero-order valence-corrected chi connectivity index (χ0v) is 82.8. The summed E-state index contributed by atoms with van der Waals surface area (Å²) in [7, 11) is 11.8. The summed E-state index contributed by atoms with van der Waals surface area (Å²) in [5.74, 6) is 6.08. The maximum absolute atomic E-state index is 12.5. The number of hydrogen-bond acceptors (Lipinski definition) is 18. The summed E-state index contributed by atoms with van der Waals surface area (Å²) in [5.41, 5.74) is 20.6. The lowest BCUT2D eigenvalue weighted by Gasteiger charge is -2.14. The van der Waals surface area contributed by atoms with E-state index in [0.29, 0.717) is 91.0 Å². The molecule has 12 heterocycles. The highest BCUT2D eigenvalue weighted by atomic mass is 35.5. The SMILES string of the molecule is Cc1c2c(nn1C)CSCc1cc(n(C)n1)CSc1cc(c3ccccc3c1)OCCCn1c(C(=O)O)cc3c-2c(Cl)ccc31.Cc1c2c(nn1C)CSCc1cc(n(C)n1)CSc1cc(c3ccccc3c1)OCCCn1c(C(=O)O)cc3c-2c(Cl)ccc31.Cc1c2c(nn1C)CSCc1cc(n(C)n1)CSc1cc(c3ccccc3c1)OCCCn1c(C(=O)O)cc3c-2c(Cl)ccc31. The summed E-state index contributed by atoms with van der Waals surface area (Å²) in [4.78, 5) is 40.9. The minimum Gasteiger partial charge on any atom is -0.493 e. The van der Waals surface area contributed by atoms with Gasteiger partial charge in [-0.25, -0.2) is 14.4 Å². The first kappa shape index (κ1) is 92.5. The van der Waals surface area contributed by atoms with Gasteiger partial charge in [0, 0.05) is 260 Å². The van der Waals surface area contributed by atoms with Crippen LogP contribution in [0.5, 0.6) is 17.2 Å². The molecule has 0 aliphatic carbocycles. The quantitative estimate of drug-likeness (QED) is 0.148. The fraction of sp³-hybridized carbons (Fsp3) is 0.265. The summed E-state index contributed by atoms with van der Waals surface area (Å²) >= 11 is 31.3. The molecule has 690 valence electrons. The van der Waals surface area contributed by atoms with Crippen LogP contribution < -0.4 is 14.2 Å². The monoisotopic (exact) mass is 1970 g/mol. The number of fused-ring (bicyclic) bond motifs is 24. The van der Waals surface area contributed by atoms with Gasteiger partial charge in [-0.1, -0.05) is 108 Å². The Kier molecular flexibility index (Phi) is 27.1. The maximum Gasteiger partial charge on any atom is 0.352 e. The van der Waals surface area contributed by atoms with Gasteiger partial charge in [0.05, 0.1) is 54.0 Å². The Morgan fingerprint density at radius 1 is 0.319 bits per heavy atom. The zero-order chi connectivity index (χ0) is 93.7. The van der Waals surface area contributed by atoms with Crippen LogP contribution in [0.4, 0.5) is 0 Å². The minimum atomic E-state index is -0.979. The van der Waals surface area contributed by atoms with E-state index >= 15 is 0 Å². The first-order chi connectivity index (χ1) is 65.3. The molecule has 135 heavy (non-hydrogen) atoms. The van der Waals surface area contributed by atoms with E-state index < -0.39 is 17.9 Å². The van der Waals surface area contributed by atoms with E-state index in [1.165, 1.54) is 0 Å². The molecule has 3 aliphatic rings. The molecule has 18 aromatic rings. The molecule has 0 saturated carbocycles. The van der Waals surface area contributed by atoms with Crippen molar-refractivity contribution in [3.63, 3.8) is 0 Å². The van der Waals surface area contributed by atoms with Gasteiger partial charge < -0.3 is 43.2 Å². The molecule has 0 amide bonds. The third-order valence-corrected chi connectivity index (χ3v) is 32.1. The predicted molar refractivity (Wildman–Crippen MR) is 548 cm³/mol. The number of carboxylic acids is 3. The van der Waals surface area contributed by atoms with Gasteiger partial charge in [-0.15, -0.1) is 70.6 Å². The molecule has 0 radical (unpaired) electrons. The van der Waals surface area contributed by atoms with E-state index in [1.807, 2.05) is 178 Å². The molecule has 33 heteroatoms. The Hall–Kier alpha value is -11.6. The van der Waals surface area contributed by atoms with Crippen LogP contribution in [0.3, 0.4) is 0 Å². The number of halogens is 3. The molecule has 3 N–H and O–H groups in total. The Bertz CT molecular complexity index is 7000. The summed E-state index contributed by atoms with van der Waals surface area (Å²) in [6, 6.07) is 60.8. The van der Waals surface area contributed by atoms with E-state index in [4.69, 9.17) is 79.6 Å². The van der Waals surface area contributed by atoms with Crippen LogP contribution in [0.2, 0.25) is 15.1 Å². The van der Waals surface area contributed by atoms with Crippen molar-refractivity contribution in [3.8, 4) is 50.6 Å². The molecule has 9 aromatic carbocycles. The van der Waals surface area contributed by atoms with E-state index in [0.717, 1.165) is 233 Å². The number of benzene rings is 9. The van der Waals surface area contributed by atoms with Crippen molar-refractivity contribution in [3.05, 3.63) is 282 Å². The van der Waals surface area contributed by atoms with Gasteiger partial charge in [-0.05, 0) is 165 Å². The first-order valence-corrected chi connectivity index (χ1v) is 51.8. The Balaban J connectivity index is 0.000000130. The van der Waals surface area contributed by atoms with Crippen LogP contribution >= 0.6 is 105 Å². The third-order valence-electron chi connectivity index (χ3n) is 25.2. The van der Waals surface area contributed by atoms with Gasteiger partial charge >= 0.3 is 17.9 Å². The molecule has 0 unspecified atom stereocenters. The first-order valence-electron chi connectivity index (χ1n) is 44.2. The van der Waals surface area contributed by atoms with Gasteiger partial charge in [0.2, 0.25) is 0 Å². The molecular formula is C102H96Cl3N15O9S6. The Labute approximate surface area is 819 Å². The fourth-order valence-corrected chi connectivity index (χ4v) is 24.7. The highest BCUT2D eigenvalue weighted by Gasteiger charge is 2.30. The van der Waals surface area contributed by atoms with E-state index in [1.54, 1.807) is 88.8 Å². The largest absolute Gasteiger partial charge is 0.493 e. The van der Waals surface area contributed by atoms with Gasteiger partial charge in [0.1, 0.15) is 34.3 Å². The predicted octanol–water partition coefficient (Wildman–Crippen LogP) is 24.3. The topological polar surface area (TPSA) is 261 Å². The van der Waals surface area contributed by atoms with Crippen molar-refractivity contribution in [2.45, 2.75) is 126 Å². The minimum absolute atomic E-state index is 0.225. The average molecular weight is 1970 g/mol. The van der Waals surface area contributed by atoms with Crippen LogP contribution in [0, 0.1) is 20.8 Å². The molecule has 0 spiro atoms. The summed E-state index contributed by atoms with van der Waals surface area (Å²) in [6.07, 6.45) is 1.87. The summed E-state index contributed by atoms with van der Waals surface area (Å²) in [6.45, 7) is 8.84. The van der Waals surface area contributed by atoms with Crippen LogP contribution in [-0.4, -0.2) is 125 Å². The van der Waals surface area contributed by atoms with Crippen molar-refractivity contribution in [1.29, 1.82) is 0 Å². The molecule has 0 atom stereocenters. The van der Waals surface area contributed by atoms with Crippen LogP contribution in [0.25, 0.3) is 98.4 Å². The second kappa shape index (κ2) is 39.6. The smallest absolute Gasteiger partial charge is 0.352 e.